The maximum absolute atomic E-state index is 12.1. The molecule has 1 aromatic rings. The summed E-state index contributed by atoms with van der Waals surface area (Å²) in [5.74, 6) is 1.66. The van der Waals surface area contributed by atoms with Gasteiger partial charge in [0.1, 0.15) is 0 Å². The monoisotopic (exact) mass is 274 g/mol. The molecule has 3 N–H and O–H groups in total. The maximum Gasteiger partial charge on any atom is 0.251 e. The van der Waals surface area contributed by atoms with E-state index < -0.39 is 0 Å². The molecule has 0 bridgehead atoms. The van der Waals surface area contributed by atoms with Crippen LogP contribution in [0.2, 0.25) is 0 Å². The Morgan fingerprint density at radius 3 is 3.00 bits per heavy atom. The average Bonchev–Trinajstić information content (AvgIpc) is 2.47. The van der Waals surface area contributed by atoms with Gasteiger partial charge in [-0.3, -0.25) is 4.79 Å². The van der Waals surface area contributed by atoms with Crippen molar-refractivity contribution < 1.29 is 4.79 Å². The molecule has 0 saturated heterocycles. The van der Waals surface area contributed by atoms with Crippen molar-refractivity contribution >= 4 is 5.91 Å². The smallest absolute Gasteiger partial charge is 0.251 e. The van der Waals surface area contributed by atoms with Crippen molar-refractivity contribution in [2.45, 2.75) is 45.6 Å². The standard InChI is InChI=1S/C17H26N2O/c1-13-4-2-5-14(10-13)8-9-19-17(20)16-7-3-6-15(11-16)12-18/h3,6-7,11,13-14H,2,4-5,8-10,12,18H2,1H3,(H,19,20). The molecule has 2 rings (SSSR count). The van der Waals surface area contributed by atoms with Crippen LogP contribution in [0.3, 0.4) is 0 Å². The van der Waals surface area contributed by atoms with E-state index in [-0.39, 0.29) is 5.91 Å². The number of nitrogens with one attached hydrogen (secondary N) is 1. The van der Waals surface area contributed by atoms with Crippen LogP contribution in [0.25, 0.3) is 0 Å². The van der Waals surface area contributed by atoms with Crippen LogP contribution in [0.15, 0.2) is 24.3 Å². The molecule has 0 aromatic heterocycles. The van der Waals surface area contributed by atoms with Crippen molar-refractivity contribution in [3.05, 3.63) is 35.4 Å². The van der Waals surface area contributed by atoms with Crippen LogP contribution in [0.5, 0.6) is 0 Å². The molecule has 1 saturated carbocycles. The van der Waals surface area contributed by atoms with Gasteiger partial charge in [-0.1, -0.05) is 38.3 Å². The Balaban J connectivity index is 1.77. The van der Waals surface area contributed by atoms with Crippen molar-refractivity contribution in [1.29, 1.82) is 0 Å². The second kappa shape index (κ2) is 7.44. The number of rotatable bonds is 5. The minimum atomic E-state index is 0.0177. The van der Waals surface area contributed by atoms with E-state index in [1.54, 1.807) is 0 Å². The van der Waals surface area contributed by atoms with Gasteiger partial charge in [-0.2, -0.15) is 0 Å². The molecule has 1 amide bonds. The third-order valence-corrected chi connectivity index (χ3v) is 4.31. The predicted octanol–water partition coefficient (Wildman–Crippen LogP) is 3.09. The zero-order valence-electron chi connectivity index (χ0n) is 12.4. The van der Waals surface area contributed by atoms with E-state index in [1.165, 1.54) is 25.7 Å². The first kappa shape index (κ1) is 15.0. The highest BCUT2D eigenvalue weighted by Gasteiger charge is 2.18. The zero-order valence-corrected chi connectivity index (χ0v) is 12.4. The highest BCUT2D eigenvalue weighted by Crippen LogP contribution is 2.30. The molecule has 0 aliphatic heterocycles. The van der Waals surface area contributed by atoms with Gasteiger partial charge in [-0.05, 0) is 42.4 Å². The van der Waals surface area contributed by atoms with Crippen molar-refractivity contribution in [3.63, 3.8) is 0 Å². The summed E-state index contributed by atoms with van der Waals surface area (Å²) in [6.07, 6.45) is 6.46. The van der Waals surface area contributed by atoms with E-state index in [2.05, 4.69) is 12.2 Å². The lowest BCUT2D eigenvalue weighted by Gasteiger charge is -2.26. The molecule has 20 heavy (non-hydrogen) atoms. The fourth-order valence-corrected chi connectivity index (χ4v) is 3.15. The minimum absolute atomic E-state index is 0.0177. The summed E-state index contributed by atoms with van der Waals surface area (Å²) in [5, 5.41) is 3.03. The Kier molecular flexibility index (Phi) is 5.60. The van der Waals surface area contributed by atoms with Crippen LogP contribution >= 0.6 is 0 Å². The predicted molar refractivity (Wildman–Crippen MR) is 82.4 cm³/mol. The molecule has 0 radical (unpaired) electrons. The largest absolute Gasteiger partial charge is 0.352 e. The normalized spacial score (nSPS) is 22.5. The fourth-order valence-electron chi connectivity index (χ4n) is 3.15. The fraction of sp³-hybridized carbons (Fsp3) is 0.588. The summed E-state index contributed by atoms with van der Waals surface area (Å²) in [6.45, 7) is 3.59. The molecule has 1 aromatic carbocycles. The molecular formula is C17H26N2O. The summed E-state index contributed by atoms with van der Waals surface area (Å²) < 4.78 is 0. The molecule has 2 atom stereocenters. The molecular weight excluding hydrogens is 248 g/mol. The first-order valence-electron chi connectivity index (χ1n) is 7.76. The number of carbonyl (C=O) groups is 1. The van der Waals surface area contributed by atoms with Gasteiger partial charge in [0.25, 0.3) is 5.91 Å². The number of carbonyl (C=O) groups excluding carboxylic acids is 1. The number of nitrogens with two attached hydrogens (primary N) is 1. The number of benzene rings is 1. The molecule has 0 heterocycles. The summed E-state index contributed by atoms with van der Waals surface area (Å²) in [5.41, 5.74) is 7.31. The Bertz CT molecular complexity index is 444. The minimum Gasteiger partial charge on any atom is -0.352 e. The van der Waals surface area contributed by atoms with Gasteiger partial charge < -0.3 is 11.1 Å². The average molecular weight is 274 g/mol. The van der Waals surface area contributed by atoms with Crippen LogP contribution in [0.1, 0.15) is 54.9 Å². The maximum atomic E-state index is 12.1. The van der Waals surface area contributed by atoms with Crippen LogP contribution in [-0.2, 0) is 6.54 Å². The number of amides is 1. The van der Waals surface area contributed by atoms with E-state index in [1.807, 2.05) is 24.3 Å². The molecule has 2 unspecified atom stereocenters. The van der Waals surface area contributed by atoms with Crippen molar-refractivity contribution in [2.24, 2.45) is 17.6 Å². The Morgan fingerprint density at radius 1 is 1.40 bits per heavy atom. The molecule has 3 nitrogen and oxygen atoms in total. The van der Waals surface area contributed by atoms with Crippen LogP contribution in [0.4, 0.5) is 0 Å². The van der Waals surface area contributed by atoms with Gasteiger partial charge in [0, 0.05) is 18.7 Å². The second-order valence-corrected chi connectivity index (χ2v) is 6.09. The quantitative estimate of drug-likeness (QED) is 0.867. The Hall–Kier alpha value is -1.35. The van der Waals surface area contributed by atoms with Crippen LogP contribution in [0, 0.1) is 11.8 Å². The van der Waals surface area contributed by atoms with Gasteiger partial charge in [0.05, 0.1) is 0 Å². The molecule has 1 aliphatic rings. The van der Waals surface area contributed by atoms with Crippen molar-refractivity contribution in [3.8, 4) is 0 Å². The summed E-state index contributed by atoms with van der Waals surface area (Å²) >= 11 is 0. The first-order valence-corrected chi connectivity index (χ1v) is 7.76. The van der Waals surface area contributed by atoms with E-state index in [4.69, 9.17) is 5.73 Å². The molecule has 3 heteroatoms. The molecule has 1 fully saturated rings. The summed E-state index contributed by atoms with van der Waals surface area (Å²) in [7, 11) is 0. The highest BCUT2D eigenvalue weighted by atomic mass is 16.1. The lowest BCUT2D eigenvalue weighted by molar-refractivity contribution is 0.0949. The van der Waals surface area contributed by atoms with Gasteiger partial charge >= 0.3 is 0 Å². The van der Waals surface area contributed by atoms with Crippen LogP contribution in [-0.4, -0.2) is 12.5 Å². The highest BCUT2D eigenvalue weighted by molar-refractivity contribution is 5.94. The molecule has 110 valence electrons. The van der Waals surface area contributed by atoms with Gasteiger partial charge in [-0.25, -0.2) is 0 Å². The van der Waals surface area contributed by atoms with E-state index in [9.17, 15) is 4.79 Å². The number of hydrogen-bond acceptors (Lipinski definition) is 2. The third-order valence-electron chi connectivity index (χ3n) is 4.31. The summed E-state index contributed by atoms with van der Waals surface area (Å²) in [6, 6.07) is 7.55. The lowest BCUT2D eigenvalue weighted by atomic mass is 9.81. The van der Waals surface area contributed by atoms with Gasteiger partial charge in [0.2, 0.25) is 0 Å². The van der Waals surface area contributed by atoms with Crippen molar-refractivity contribution in [1.82, 2.24) is 5.32 Å². The van der Waals surface area contributed by atoms with E-state index >= 15 is 0 Å². The second-order valence-electron chi connectivity index (χ2n) is 6.09. The van der Waals surface area contributed by atoms with Gasteiger partial charge in [0.15, 0.2) is 0 Å². The van der Waals surface area contributed by atoms with Crippen LogP contribution < -0.4 is 11.1 Å². The summed E-state index contributed by atoms with van der Waals surface area (Å²) in [4.78, 5) is 12.1. The van der Waals surface area contributed by atoms with E-state index in [0.717, 1.165) is 30.4 Å². The van der Waals surface area contributed by atoms with Gasteiger partial charge in [-0.15, -0.1) is 0 Å². The Morgan fingerprint density at radius 2 is 2.25 bits per heavy atom. The van der Waals surface area contributed by atoms with Crippen molar-refractivity contribution in [2.75, 3.05) is 6.54 Å². The zero-order chi connectivity index (χ0) is 14.4. The molecule has 1 aliphatic carbocycles. The lowest BCUT2D eigenvalue weighted by Crippen LogP contribution is -2.27. The third kappa shape index (κ3) is 4.34. The van der Waals surface area contributed by atoms with E-state index in [0.29, 0.717) is 12.1 Å². The Labute approximate surface area is 121 Å². The number of hydrogen-bond donors (Lipinski definition) is 2. The molecule has 0 spiro atoms. The first-order chi connectivity index (χ1) is 9.69. The SMILES string of the molecule is CC1CCCC(CCNC(=O)c2cccc(CN)c2)C1. The topological polar surface area (TPSA) is 55.1 Å².